The number of aromatic nitrogens is 2. The third-order valence-corrected chi connectivity index (χ3v) is 13.9. The van der Waals surface area contributed by atoms with Gasteiger partial charge in [-0.1, -0.05) is 156 Å². The fraction of sp³-hybridized carbons (Fsp3) is 0.250. The molecule has 2 heterocycles. The van der Waals surface area contributed by atoms with Crippen LogP contribution < -0.4 is 4.90 Å². The maximum Gasteiger partial charge on any atom is 0.0541 e. The zero-order valence-electron chi connectivity index (χ0n) is 41.6. The summed E-state index contributed by atoms with van der Waals surface area (Å²) < 4.78 is 5.03. The number of rotatable bonds is 6. The van der Waals surface area contributed by atoms with Crippen LogP contribution in [-0.2, 0) is 21.7 Å². The molecule has 3 heteroatoms. The fourth-order valence-electron chi connectivity index (χ4n) is 9.89. The van der Waals surface area contributed by atoms with Crippen molar-refractivity contribution in [2.75, 3.05) is 4.90 Å². The summed E-state index contributed by atoms with van der Waals surface area (Å²) >= 11 is 0. The normalized spacial score (nSPS) is 12.8. The minimum absolute atomic E-state index is 0.0103. The van der Waals surface area contributed by atoms with E-state index in [4.69, 9.17) is 0 Å². The van der Waals surface area contributed by atoms with E-state index in [9.17, 15) is 0 Å². The molecule has 2 aromatic heterocycles. The molecule has 0 radical (unpaired) electrons. The predicted octanol–water partition coefficient (Wildman–Crippen LogP) is 18.2. The van der Waals surface area contributed by atoms with E-state index < -0.39 is 0 Å². The zero-order valence-corrected chi connectivity index (χ0v) is 41.6. The van der Waals surface area contributed by atoms with Gasteiger partial charge in [0.25, 0.3) is 0 Å². The lowest BCUT2D eigenvalue weighted by Crippen LogP contribution is -2.10. The van der Waals surface area contributed by atoms with Crippen molar-refractivity contribution in [1.29, 1.82) is 0 Å². The van der Waals surface area contributed by atoms with Crippen LogP contribution in [0, 0.1) is 0 Å². The van der Waals surface area contributed by atoms with Crippen molar-refractivity contribution in [2.24, 2.45) is 0 Å². The van der Waals surface area contributed by atoms with Crippen LogP contribution in [-0.4, -0.2) is 9.13 Å². The standard InChI is InChI=1S/C64H65N3/c1-61(2,3)44-25-31-57-53(37-44)54-38-45(62(4,5)6)26-32-58(54)66(57)51-35-43(42-23-29-50(30-24-42)65(48-19-15-13-16-20-48)49-21-17-14-18-22-49)36-52(41-51)67-59-33-27-46(63(7,8)9)39-55(59)56-40-47(64(10,11)12)28-34-60(56)67/h13-41H,1-12H3. The van der Waals surface area contributed by atoms with Crippen molar-refractivity contribution in [2.45, 2.75) is 105 Å². The van der Waals surface area contributed by atoms with Crippen LogP contribution in [0.25, 0.3) is 66.1 Å². The van der Waals surface area contributed by atoms with Crippen LogP contribution in [0.4, 0.5) is 17.1 Å². The molecule has 0 atom stereocenters. The lowest BCUT2D eigenvalue weighted by atomic mass is 9.85. The van der Waals surface area contributed by atoms with Gasteiger partial charge in [0.2, 0.25) is 0 Å². The average Bonchev–Trinajstić information content (AvgIpc) is 3.80. The molecule has 0 amide bonds. The molecule has 10 rings (SSSR count). The van der Waals surface area contributed by atoms with Gasteiger partial charge < -0.3 is 14.0 Å². The predicted molar refractivity (Wildman–Crippen MR) is 290 cm³/mol. The minimum Gasteiger partial charge on any atom is -0.311 e. The summed E-state index contributed by atoms with van der Waals surface area (Å²) in [5.74, 6) is 0. The van der Waals surface area contributed by atoms with Gasteiger partial charge in [0.1, 0.15) is 0 Å². The second-order valence-electron chi connectivity index (χ2n) is 22.9. The van der Waals surface area contributed by atoms with E-state index in [1.54, 1.807) is 0 Å². The van der Waals surface area contributed by atoms with E-state index in [0.717, 1.165) is 39.6 Å². The van der Waals surface area contributed by atoms with Gasteiger partial charge in [-0.15, -0.1) is 0 Å². The molecule has 10 aromatic rings. The van der Waals surface area contributed by atoms with Gasteiger partial charge in [-0.05, 0) is 158 Å². The number of para-hydroxylation sites is 2. The number of anilines is 3. The Morgan fingerprint density at radius 3 is 0.881 bits per heavy atom. The minimum atomic E-state index is 0.0103. The van der Waals surface area contributed by atoms with Crippen LogP contribution in [0.1, 0.15) is 105 Å². The van der Waals surface area contributed by atoms with Gasteiger partial charge in [-0.25, -0.2) is 0 Å². The van der Waals surface area contributed by atoms with Gasteiger partial charge >= 0.3 is 0 Å². The molecule has 336 valence electrons. The van der Waals surface area contributed by atoms with Crippen LogP contribution in [0.2, 0.25) is 0 Å². The molecule has 0 spiro atoms. The zero-order chi connectivity index (χ0) is 47.2. The van der Waals surface area contributed by atoms with Crippen molar-refractivity contribution in [3.8, 4) is 22.5 Å². The van der Waals surface area contributed by atoms with Crippen molar-refractivity contribution in [3.63, 3.8) is 0 Å². The van der Waals surface area contributed by atoms with Crippen molar-refractivity contribution in [1.82, 2.24) is 9.13 Å². The third-order valence-electron chi connectivity index (χ3n) is 13.9. The van der Waals surface area contributed by atoms with Crippen molar-refractivity contribution < 1.29 is 0 Å². The number of nitrogens with zero attached hydrogens (tertiary/aromatic N) is 3. The second kappa shape index (κ2) is 15.9. The first-order valence-corrected chi connectivity index (χ1v) is 24.1. The van der Waals surface area contributed by atoms with E-state index in [-0.39, 0.29) is 21.7 Å². The fourth-order valence-corrected chi connectivity index (χ4v) is 9.89. The number of hydrogen-bond donors (Lipinski definition) is 0. The highest BCUT2D eigenvalue weighted by molar-refractivity contribution is 6.11. The molecule has 3 nitrogen and oxygen atoms in total. The number of hydrogen-bond acceptors (Lipinski definition) is 1. The first-order valence-electron chi connectivity index (χ1n) is 24.1. The van der Waals surface area contributed by atoms with E-state index in [2.05, 4.69) is 273 Å². The lowest BCUT2D eigenvalue weighted by Gasteiger charge is -2.25. The maximum absolute atomic E-state index is 2.51. The molecule has 0 unspecified atom stereocenters. The van der Waals surface area contributed by atoms with E-state index in [1.165, 1.54) is 65.9 Å². The summed E-state index contributed by atoms with van der Waals surface area (Å²) in [6, 6.07) is 66.2. The Labute approximate surface area is 398 Å². The van der Waals surface area contributed by atoms with Gasteiger partial charge in [0, 0.05) is 50.0 Å². The highest BCUT2D eigenvalue weighted by Gasteiger charge is 2.25. The molecule has 67 heavy (non-hydrogen) atoms. The monoisotopic (exact) mass is 876 g/mol. The Hall–Kier alpha value is -6.84. The van der Waals surface area contributed by atoms with Crippen LogP contribution in [0.5, 0.6) is 0 Å². The maximum atomic E-state index is 2.51. The highest BCUT2D eigenvalue weighted by atomic mass is 15.1. The summed E-state index contributed by atoms with van der Waals surface area (Å²) in [6.45, 7) is 27.8. The van der Waals surface area contributed by atoms with Gasteiger partial charge in [0.05, 0.1) is 22.1 Å². The molecule has 8 aromatic carbocycles. The molecule has 0 bridgehead atoms. The molecule has 0 N–H and O–H groups in total. The van der Waals surface area contributed by atoms with E-state index in [0.29, 0.717) is 0 Å². The van der Waals surface area contributed by atoms with Gasteiger partial charge in [0.15, 0.2) is 0 Å². The van der Waals surface area contributed by atoms with Crippen LogP contribution in [0.15, 0.2) is 176 Å². The Kier molecular flexibility index (Phi) is 10.5. The third kappa shape index (κ3) is 8.03. The molecule has 0 aliphatic rings. The van der Waals surface area contributed by atoms with Crippen molar-refractivity contribution >= 4 is 60.7 Å². The molecule has 0 aliphatic carbocycles. The number of fused-ring (bicyclic) bond motifs is 6. The topological polar surface area (TPSA) is 13.1 Å². The SMILES string of the molecule is CC(C)(C)c1ccc2c(c1)c1cc(C(C)(C)C)ccc1n2-c1cc(-c2ccc(N(c3ccccc3)c3ccccc3)cc2)cc(-n2c3ccc(C(C)(C)C)cc3c3cc(C(C)(C)C)ccc32)c1. The second-order valence-corrected chi connectivity index (χ2v) is 22.9. The summed E-state index contributed by atoms with van der Waals surface area (Å²) in [4.78, 5) is 2.33. The highest BCUT2D eigenvalue weighted by Crippen LogP contribution is 2.43. The van der Waals surface area contributed by atoms with Crippen LogP contribution in [0.3, 0.4) is 0 Å². The number of benzene rings is 8. The summed E-state index contributed by atoms with van der Waals surface area (Å²) in [5.41, 5.74) is 18.2. The molecular weight excluding hydrogens is 811 g/mol. The molecule has 0 aliphatic heterocycles. The molecular formula is C64H65N3. The van der Waals surface area contributed by atoms with Gasteiger partial charge in [-0.2, -0.15) is 0 Å². The Bertz CT molecular complexity index is 3110. The summed E-state index contributed by atoms with van der Waals surface area (Å²) in [5, 5.41) is 5.14. The van der Waals surface area contributed by atoms with E-state index >= 15 is 0 Å². The van der Waals surface area contributed by atoms with E-state index in [1.807, 2.05) is 0 Å². The quantitative estimate of drug-likeness (QED) is 0.162. The Morgan fingerprint density at radius 1 is 0.284 bits per heavy atom. The molecule has 0 saturated heterocycles. The molecule has 0 saturated carbocycles. The first-order chi connectivity index (χ1) is 31.7. The largest absolute Gasteiger partial charge is 0.311 e. The summed E-state index contributed by atoms with van der Waals surface area (Å²) in [7, 11) is 0. The van der Waals surface area contributed by atoms with Gasteiger partial charge in [-0.3, -0.25) is 0 Å². The first kappa shape index (κ1) is 44.0. The average molecular weight is 876 g/mol. The lowest BCUT2D eigenvalue weighted by molar-refractivity contribution is 0.590. The van der Waals surface area contributed by atoms with Crippen LogP contribution >= 0.6 is 0 Å². The molecule has 0 fully saturated rings. The smallest absolute Gasteiger partial charge is 0.0541 e. The Balaban J connectivity index is 1.26. The Morgan fingerprint density at radius 2 is 0.582 bits per heavy atom. The summed E-state index contributed by atoms with van der Waals surface area (Å²) in [6.07, 6.45) is 0. The van der Waals surface area contributed by atoms with Crippen molar-refractivity contribution in [3.05, 3.63) is 198 Å².